The molecule has 1 heterocycles. The summed E-state index contributed by atoms with van der Waals surface area (Å²) < 4.78 is 0. The second-order valence-corrected chi connectivity index (χ2v) is 5.07. The Balaban J connectivity index is 2.16. The van der Waals surface area contributed by atoms with Crippen molar-refractivity contribution in [3.8, 4) is 0 Å². The molecule has 100 valence electrons. The van der Waals surface area contributed by atoms with Crippen LogP contribution in [0.1, 0.15) is 44.5 Å². The van der Waals surface area contributed by atoms with Crippen molar-refractivity contribution in [2.24, 2.45) is 5.92 Å². The van der Waals surface area contributed by atoms with E-state index < -0.39 is 0 Å². The second kappa shape index (κ2) is 6.03. The van der Waals surface area contributed by atoms with Gasteiger partial charge in [0.05, 0.1) is 0 Å². The van der Waals surface area contributed by atoms with E-state index in [0.717, 1.165) is 54.9 Å². The van der Waals surface area contributed by atoms with E-state index in [-0.39, 0.29) is 0 Å². The summed E-state index contributed by atoms with van der Waals surface area (Å²) in [4.78, 5) is 9.24. The number of aryl methyl sites for hydroxylation is 1. The van der Waals surface area contributed by atoms with Gasteiger partial charge in [-0.1, -0.05) is 6.92 Å². The summed E-state index contributed by atoms with van der Waals surface area (Å²) in [5, 5.41) is 6.81. The van der Waals surface area contributed by atoms with Gasteiger partial charge in [0.15, 0.2) is 0 Å². The third-order valence-corrected chi connectivity index (χ3v) is 3.27. The van der Waals surface area contributed by atoms with E-state index in [2.05, 4.69) is 41.4 Å². The highest BCUT2D eigenvalue weighted by Crippen LogP contribution is 2.29. The molecule has 2 N–H and O–H groups in total. The highest BCUT2D eigenvalue weighted by molar-refractivity contribution is 5.57. The van der Waals surface area contributed by atoms with Crippen LogP contribution in [0.4, 0.5) is 11.6 Å². The molecule has 0 saturated heterocycles. The molecule has 0 radical (unpaired) electrons. The molecule has 1 aliphatic carbocycles. The minimum Gasteiger partial charge on any atom is -0.370 e. The first-order valence-electron chi connectivity index (χ1n) is 7.09. The van der Waals surface area contributed by atoms with E-state index in [1.54, 1.807) is 0 Å². The fraction of sp³-hybridized carbons (Fsp3) is 0.714. The molecule has 1 aliphatic rings. The Kier molecular flexibility index (Phi) is 4.39. The van der Waals surface area contributed by atoms with Crippen molar-refractivity contribution in [1.29, 1.82) is 0 Å². The molecule has 1 aromatic heterocycles. The number of nitrogens with one attached hydrogen (secondary N) is 2. The molecule has 0 bridgehead atoms. The summed E-state index contributed by atoms with van der Waals surface area (Å²) in [6.45, 7) is 8.29. The third-order valence-electron chi connectivity index (χ3n) is 3.27. The zero-order chi connectivity index (χ0) is 13.0. The van der Waals surface area contributed by atoms with Crippen LogP contribution in [-0.4, -0.2) is 23.1 Å². The highest BCUT2D eigenvalue weighted by Gasteiger charge is 2.21. The first-order chi connectivity index (χ1) is 8.74. The Bertz CT molecular complexity index is 399. The van der Waals surface area contributed by atoms with Crippen LogP contribution in [0.5, 0.6) is 0 Å². The summed E-state index contributed by atoms with van der Waals surface area (Å²) in [6, 6.07) is 0. The fourth-order valence-corrected chi connectivity index (χ4v) is 1.97. The number of hydrogen-bond donors (Lipinski definition) is 2. The quantitative estimate of drug-likeness (QED) is 0.779. The Morgan fingerprint density at radius 3 is 2.33 bits per heavy atom. The lowest BCUT2D eigenvalue weighted by Crippen LogP contribution is -2.12. The third kappa shape index (κ3) is 3.34. The van der Waals surface area contributed by atoms with Crippen molar-refractivity contribution in [1.82, 2.24) is 9.97 Å². The van der Waals surface area contributed by atoms with Crippen molar-refractivity contribution in [2.75, 3.05) is 23.7 Å². The normalized spacial score (nSPS) is 14.6. The molecule has 0 amide bonds. The monoisotopic (exact) mass is 248 g/mol. The SMILES string of the molecule is CCCc1nc(NCC)c(C)c(NCC2CC2)n1. The van der Waals surface area contributed by atoms with E-state index in [1.807, 2.05) is 0 Å². The Labute approximate surface area is 110 Å². The molecule has 2 rings (SSSR count). The van der Waals surface area contributed by atoms with Crippen LogP contribution >= 0.6 is 0 Å². The van der Waals surface area contributed by atoms with E-state index in [1.165, 1.54) is 12.8 Å². The van der Waals surface area contributed by atoms with Gasteiger partial charge in [-0.3, -0.25) is 0 Å². The molecule has 0 aliphatic heterocycles. The molecular weight excluding hydrogens is 224 g/mol. The zero-order valence-electron chi connectivity index (χ0n) is 11.7. The average Bonchev–Trinajstić information content (AvgIpc) is 3.16. The molecule has 1 fully saturated rings. The van der Waals surface area contributed by atoms with E-state index in [4.69, 9.17) is 0 Å². The maximum absolute atomic E-state index is 4.64. The molecule has 4 heteroatoms. The predicted octanol–water partition coefficient (Wildman–Crippen LogP) is 2.99. The van der Waals surface area contributed by atoms with Crippen LogP contribution < -0.4 is 10.6 Å². The largest absolute Gasteiger partial charge is 0.370 e. The van der Waals surface area contributed by atoms with Crippen LogP contribution in [0.3, 0.4) is 0 Å². The van der Waals surface area contributed by atoms with Gasteiger partial charge in [-0.2, -0.15) is 0 Å². The summed E-state index contributed by atoms with van der Waals surface area (Å²) in [6.07, 6.45) is 4.74. The van der Waals surface area contributed by atoms with Gasteiger partial charge in [0.25, 0.3) is 0 Å². The average molecular weight is 248 g/mol. The molecule has 1 saturated carbocycles. The molecule has 4 nitrogen and oxygen atoms in total. The summed E-state index contributed by atoms with van der Waals surface area (Å²) in [5.74, 6) is 3.79. The molecule has 0 unspecified atom stereocenters. The van der Waals surface area contributed by atoms with E-state index in [0.29, 0.717) is 0 Å². The lowest BCUT2D eigenvalue weighted by Gasteiger charge is -2.14. The smallest absolute Gasteiger partial charge is 0.134 e. The first-order valence-corrected chi connectivity index (χ1v) is 7.09. The summed E-state index contributed by atoms with van der Waals surface area (Å²) in [7, 11) is 0. The number of anilines is 2. The lowest BCUT2D eigenvalue weighted by atomic mass is 10.2. The summed E-state index contributed by atoms with van der Waals surface area (Å²) in [5.41, 5.74) is 1.14. The van der Waals surface area contributed by atoms with Crippen molar-refractivity contribution >= 4 is 11.6 Å². The fourth-order valence-electron chi connectivity index (χ4n) is 1.97. The minimum atomic E-state index is 0.858. The van der Waals surface area contributed by atoms with E-state index in [9.17, 15) is 0 Å². The second-order valence-electron chi connectivity index (χ2n) is 5.07. The topological polar surface area (TPSA) is 49.8 Å². The number of rotatable bonds is 7. The van der Waals surface area contributed by atoms with E-state index >= 15 is 0 Å². The Morgan fingerprint density at radius 1 is 1.11 bits per heavy atom. The van der Waals surface area contributed by atoms with Gasteiger partial charge in [-0.15, -0.1) is 0 Å². The maximum atomic E-state index is 4.64. The molecule has 18 heavy (non-hydrogen) atoms. The summed E-state index contributed by atoms with van der Waals surface area (Å²) >= 11 is 0. The highest BCUT2D eigenvalue weighted by atomic mass is 15.1. The Morgan fingerprint density at radius 2 is 1.78 bits per heavy atom. The van der Waals surface area contributed by atoms with Crippen molar-refractivity contribution in [2.45, 2.75) is 46.5 Å². The van der Waals surface area contributed by atoms with Gasteiger partial charge in [0.1, 0.15) is 17.5 Å². The number of nitrogens with zero attached hydrogens (tertiary/aromatic N) is 2. The van der Waals surface area contributed by atoms with Gasteiger partial charge < -0.3 is 10.6 Å². The number of aromatic nitrogens is 2. The molecule has 0 aromatic carbocycles. The standard InChI is InChI=1S/C14H24N4/c1-4-6-12-17-13(15-5-2)10(3)14(18-12)16-9-11-7-8-11/h11H,4-9H2,1-3H3,(H2,15,16,17,18). The van der Waals surface area contributed by atoms with Crippen molar-refractivity contribution in [3.63, 3.8) is 0 Å². The van der Waals surface area contributed by atoms with Crippen molar-refractivity contribution in [3.05, 3.63) is 11.4 Å². The number of hydrogen-bond acceptors (Lipinski definition) is 4. The van der Waals surface area contributed by atoms with Crippen molar-refractivity contribution < 1.29 is 0 Å². The predicted molar refractivity (Wildman–Crippen MR) is 76.1 cm³/mol. The maximum Gasteiger partial charge on any atom is 0.134 e. The van der Waals surface area contributed by atoms with Gasteiger partial charge in [-0.25, -0.2) is 9.97 Å². The lowest BCUT2D eigenvalue weighted by molar-refractivity contribution is 0.821. The van der Waals surface area contributed by atoms with Crippen LogP contribution in [-0.2, 0) is 6.42 Å². The van der Waals surface area contributed by atoms with Crippen LogP contribution in [0.25, 0.3) is 0 Å². The van der Waals surface area contributed by atoms with Gasteiger partial charge in [0.2, 0.25) is 0 Å². The van der Waals surface area contributed by atoms with Crippen LogP contribution in [0.2, 0.25) is 0 Å². The Hall–Kier alpha value is -1.32. The zero-order valence-corrected chi connectivity index (χ0v) is 11.7. The van der Waals surface area contributed by atoms with Gasteiger partial charge >= 0.3 is 0 Å². The van der Waals surface area contributed by atoms with Gasteiger partial charge in [0, 0.05) is 25.1 Å². The van der Waals surface area contributed by atoms with Gasteiger partial charge in [-0.05, 0) is 39.0 Å². The molecular formula is C14H24N4. The van der Waals surface area contributed by atoms with Crippen LogP contribution in [0.15, 0.2) is 0 Å². The molecule has 0 spiro atoms. The van der Waals surface area contributed by atoms with Crippen LogP contribution in [0, 0.1) is 12.8 Å². The molecule has 0 atom stereocenters. The minimum absolute atomic E-state index is 0.858. The first kappa shape index (κ1) is 13.1. The molecule has 1 aromatic rings.